The van der Waals surface area contributed by atoms with E-state index in [-0.39, 0.29) is 49.6 Å². The van der Waals surface area contributed by atoms with Crippen molar-refractivity contribution >= 4 is 11.9 Å². The number of aryl methyl sites for hydroxylation is 1. The lowest BCUT2D eigenvalue weighted by atomic mass is 9.86. The Morgan fingerprint density at radius 3 is 2.49 bits per heavy atom. The third kappa shape index (κ3) is 9.76. The van der Waals surface area contributed by atoms with E-state index in [0.717, 1.165) is 22.3 Å². The summed E-state index contributed by atoms with van der Waals surface area (Å²) in [4.78, 5) is 35.1. The summed E-state index contributed by atoms with van der Waals surface area (Å²) in [5.41, 5.74) is 10.8. The first-order chi connectivity index (χ1) is 29.3. The highest BCUT2D eigenvalue weighted by Crippen LogP contribution is 2.58. The Labute approximate surface area is 352 Å². The van der Waals surface area contributed by atoms with Crippen molar-refractivity contribution < 1.29 is 78.1 Å². The number of rotatable bonds is 18. The fourth-order valence-electron chi connectivity index (χ4n) is 8.03. The van der Waals surface area contributed by atoms with Crippen molar-refractivity contribution in [1.82, 2.24) is 5.32 Å². The van der Waals surface area contributed by atoms with Gasteiger partial charge in [-0.3, -0.25) is 9.59 Å². The molecule has 18 nitrogen and oxygen atoms in total. The fourth-order valence-corrected chi connectivity index (χ4v) is 8.03. The molecule has 0 bridgehead atoms. The normalized spacial score (nSPS) is 25.2. The van der Waals surface area contributed by atoms with Gasteiger partial charge in [0.05, 0.1) is 19.1 Å². The van der Waals surface area contributed by atoms with Crippen LogP contribution in [-0.4, -0.2) is 121 Å². The number of carbonyl (C=O) groups is 2. The highest BCUT2D eigenvalue weighted by molar-refractivity contribution is 5.90. The van der Waals surface area contributed by atoms with Crippen molar-refractivity contribution in [2.75, 3.05) is 40.0 Å². The Morgan fingerprint density at radius 1 is 0.984 bits per heavy atom. The topological polar surface area (TPSA) is 256 Å². The number of hydrogen-bond acceptors (Lipinski definition) is 17. The van der Waals surface area contributed by atoms with Crippen LogP contribution in [0.1, 0.15) is 72.6 Å². The van der Waals surface area contributed by atoms with Gasteiger partial charge in [0.1, 0.15) is 61.3 Å². The van der Waals surface area contributed by atoms with Crippen LogP contribution in [0.15, 0.2) is 36.4 Å². The quantitative estimate of drug-likeness (QED) is 0.0419. The highest BCUT2D eigenvalue weighted by atomic mass is 17.2. The van der Waals surface area contributed by atoms with Gasteiger partial charge in [0.15, 0.2) is 29.6 Å². The van der Waals surface area contributed by atoms with Crippen LogP contribution in [0.4, 0.5) is 0 Å². The van der Waals surface area contributed by atoms with Gasteiger partial charge in [0, 0.05) is 41.3 Å². The number of phenols is 1. The van der Waals surface area contributed by atoms with E-state index in [9.17, 15) is 30.0 Å². The lowest BCUT2D eigenvalue weighted by Gasteiger charge is -2.41. The molecule has 0 amide bonds. The smallest absolute Gasteiger partial charge is 0.317 e. The van der Waals surface area contributed by atoms with E-state index >= 15 is 0 Å². The Hall–Kier alpha value is -4.92. The van der Waals surface area contributed by atoms with Crippen molar-refractivity contribution in [2.24, 2.45) is 11.7 Å². The molecule has 8 N–H and O–H groups in total. The number of phenolic OH excluding ortho intramolecular Hbond substituents is 1. The molecule has 0 saturated carbocycles. The van der Waals surface area contributed by atoms with Crippen molar-refractivity contribution in [3.05, 3.63) is 69.8 Å². The average Bonchev–Trinajstić information content (AvgIpc) is 3.81. The monoisotopic (exact) mass is 854 g/mol. The van der Waals surface area contributed by atoms with Gasteiger partial charge in [0.25, 0.3) is 6.29 Å². The van der Waals surface area contributed by atoms with Gasteiger partial charge >= 0.3 is 11.9 Å². The van der Waals surface area contributed by atoms with E-state index in [1.54, 1.807) is 25.2 Å². The number of nitrogens with two attached hydrogens (primary N) is 1. The minimum atomic E-state index is -1.72. The largest absolute Gasteiger partial charge is 0.508 e. The van der Waals surface area contributed by atoms with Crippen LogP contribution in [0.5, 0.6) is 34.5 Å². The Bertz CT molecular complexity index is 2060. The third-order valence-corrected chi connectivity index (χ3v) is 10.9. The van der Waals surface area contributed by atoms with Crippen molar-refractivity contribution in [3.8, 4) is 34.5 Å². The number of carboxylic acid groups (broad SMARTS) is 1. The lowest BCUT2D eigenvalue weighted by molar-refractivity contribution is -0.373. The molecule has 4 heterocycles. The zero-order chi connectivity index (χ0) is 43.5. The highest BCUT2D eigenvalue weighted by Gasteiger charge is 2.49. The van der Waals surface area contributed by atoms with Gasteiger partial charge in [-0.2, -0.15) is 4.89 Å². The summed E-state index contributed by atoms with van der Waals surface area (Å²) >= 11 is 0. The number of benzene rings is 3. The molecule has 1 saturated heterocycles. The van der Waals surface area contributed by atoms with Crippen LogP contribution >= 0.6 is 0 Å². The number of carboxylic acids is 1. The molecule has 61 heavy (non-hydrogen) atoms. The van der Waals surface area contributed by atoms with Crippen LogP contribution in [-0.2, 0) is 47.9 Å². The van der Waals surface area contributed by atoms with Crippen molar-refractivity contribution in [1.29, 1.82) is 0 Å². The molecule has 4 aliphatic rings. The van der Waals surface area contributed by atoms with Gasteiger partial charge < -0.3 is 74.6 Å². The van der Waals surface area contributed by atoms with Gasteiger partial charge in [0.2, 0.25) is 0 Å². The number of esters is 1. The number of ether oxygens (including phenoxy) is 7. The summed E-state index contributed by atoms with van der Waals surface area (Å²) in [7, 11) is 1.71. The molecule has 3 aromatic rings. The number of likely N-dealkylation sites (N-methyl/N-ethyl adjacent to an activating group) is 1. The SMILES string of the molecule is CCc1cc(O)cc(Cc2cc3c(cc2OO[C@H]2[C@H](OC[C@H](N)CNC)O[C@H](COC(=O)CC(=O)O)[C@@H](O)[C@@H]2O)[C@H]2Oc4c(cc5c(c4CC(C)C)O[C@H](CO)O5)[C@H]2CO3)c1. The lowest BCUT2D eigenvalue weighted by Crippen LogP contribution is -2.61. The molecule has 0 unspecified atom stereocenters. The molecule has 7 rings (SSSR count). The summed E-state index contributed by atoms with van der Waals surface area (Å²) in [5.74, 6) is 0.0553. The number of aliphatic hydroxyl groups is 3. The summed E-state index contributed by atoms with van der Waals surface area (Å²) in [6.45, 7) is 5.81. The number of nitrogens with one attached hydrogen (secondary N) is 1. The minimum Gasteiger partial charge on any atom is -0.508 e. The van der Waals surface area contributed by atoms with E-state index in [1.807, 2.05) is 25.1 Å². The number of carbonyl (C=O) groups excluding carboxylic acids is 1. The van der Waals surface area contributed by atoms with Crippen LogP contribution in [0.3, 0.4) is 0 Å². The van der Waals surface area contributed by atoms with Crippen LogP contribution in [0, 0.1) is 5.92 Å². The van der Waals surface area contributed by atoms with Gasteiger partial charge in [-0.25, -0.2) is 0 Å². The van der Waals surface area contributed by atoms with E-state index in [2.05, 4.69) is 19.2 Å². The molecule has 0 spiro atoms. The molecule has 18 heteroatoms. The first kappa shape index (κ1) is 44.1. The zero-order valence-electron chi connectivity index (χ0n) is 34.4. The first-order valence-electron chi connectivity index (χ1n) is 20.4. The fraction of sp³-hybridized carbons (Fsp3) is 0.535. The molecular weight excluding hydrogens is 800 g/mol. The third-order valence-electron chi connectivity index (χ3n) is 10.9. The molecule has 3 aromatic carbocycles. The molecule has 9 atom stereocenters. The summed E-state index contributed by atoms with van der Waals surface area (Å²) < 4.78 is 42.1. The summed E-state index contributed by atoms with van der Waals surface area (Å²) in [6, 6.07) is 10.2. The van der Waals surface area contributed by atoms with Gasteiger partial charge in [-0.15, -0.1) is 0 Å². The maximum absolute atomic E-state index is 12.0. The molecule has 1 fully saturated rings. The van der Waals surface area contributed by atoms with Crippen LogP contribution in [0.25, 0.3) is 0 Å². The zero-order valence-corrected chi connectivity index (χ0v) is 34.4. The van der Waals surface area contributed by atoms with E-state index in [0.29, 0.717) is 53.5 Å². The Morgan fingerprint density at radius 2 is 1.77 bits per heavy atom. The van der Waals surface area contributed by atoms with E-state index in [1.165, 1.54) is 0 Å². The molecular formula is C43H54N2O16. The maximum Gasteiger partial charge on any atom is 0.317 e. The number of aliphatic carboxylic acids is 1. The molecule has 0 aliphatic carbocycles. The van der Waals surface area contributed by atoms with Crippen molar-refractivity contribution in [2.45, 2.75) is 102 Å². The van der Waals surface area contributed by atoms with Crippen molar-refractivity contribution in [3.63, 3.8) is 0 Å². The molecule has 0 aromatic heterocycles. The predicted molar refractivity (Wildman–Crippen MR) is 213 cm³/mol. The van der Waals surface area contributed by atoms with Gasteiger partial charge in [-0.05, 0) is 67.3 Å². The maximum atomic E-state index is 12.0. The van der Waals surface area contributed by atoms with E-state index in [4.69, 9.17) is 53.8 Å². The Kier molecular flexibility index (Phi) is 13.7. The van der Waals surface area contributed by atoms with Gasteiger partial charge in [-0.1, -0.05) is 26.8 Å². The first-order valence-corrected chi connectivity index (χ1v) is 20.4. The standard InChI is InChI=1S/C43H54N2O16/c1-5-21-7-22(10-25(47)9-21)8-23-11-31-27(40-29(18-53-31)26-12-32-41(58-36(16-46)56-32)28(6-20(2)3)39(26)59-40)13-30(23)60-61-42-38(52)37(51)33(19-54-35(50)14-34(48)49)57-43(42)55-17-24(44)15-45-4/h7,9-13,20,24,29,33,36-38,40,42-43,45-47,51-52H,5-6,8,14-19,44H2,1-4H3,(H,48,49)/t24-,29-,33-,36-,37-,38+,40-,42-,43-/m1/s1. The summed E-state index contributed by atoms with van der Waals surface area (Å²) in [6.07, 6.45) is -8.36. The molecule has 0 radical (unpaired) electrons. The average molecular weight is 855 g/mol. The van der Waals surface area contributed by atoms with E-state index < -0.39 is 74.1 Å². The Balaban J connectivity index is 1.21. The minimum absolute atomic E-state index is 0.0850. The number of aliphatic hydroxyl groups excluding tert-OH is 3. The predicted octanol–water partition coefficient (Wildman–Crippen LogP) is 2.15. The number of fused-ring (bicyclic) bond motifs is 6. The second-order valence-corrected chi connectivity index (χ2v) is 16.1. The number of hydrogen-bond donors (Lipinski definition) is 7. The summed E-state index contributed by atoms with van der Waals surface area (Å²) in [5, 5.41) is 54.8. The second-order valence-electron chi connectivity index (χ2n) is 16.1. The van der Waals surface area contributed by atoms with Crippen LogP contribution < -0.4 is 34.9 Å². The molecule has 332 valence electrons. The molecule has 4 aliphatic heterocycles. The van der Waals surface area contributed by atoms with Crippen LogP contribution in [0.2, 0.25) is 0 Å². The second kappa shape index (κ2) is 19.0. The number of aromatic hydroxyl groups is 1.